The molecule has 0 bridgehead atoms. The number of ketones is 1. The number of carbonyl (C=O) groups is 1. The molecule has 0 saturated carbocycles. The summed E-state index contributed by atoms with van der Waals surface area (Å²) in [4.78, 5) is 22.2. The predicted octanol–water partition coefficient (Wildman–Crippen LogP) is 3.58. The molecule has 2 aromatic rings. The molecule has 0 unspecified atom stereocenters. The maximum Gasteiger partial charge on any atom is 0.269 e. The van der Waals surface area contributed by atoms with E-state index in [0.717, 1.165) is 12.0 Å². The molecule has 0 aliphatic rings. The molecular weight excluding hydrogens is 254 g/mol. The summed E-state index contributed by atoms with van der Waals surface area (Å²) in [5.41, 5.74) is 2.67. The minimum absolute atomic E-state index is 0.0153. The van der Waals surface area contributed by atoms with Gasteiger partial charge in [-0.1, -0.05) is 43.3 Å². The molecule has 0 spiro atoms. The highest BCUT2D eigenvalue weighted by Gasteiger charge is 2.09. The average Bonchev–Trinajstić information content (AvgIpc) is 2.48. The van der Waals surface area contributed by atoms with E-state index in [9.17, 15) is 14.9 Å². The van der Waals surface area contributed by atoms with Crippen molar-refractivity contribution in [3.63, 3.8) is 0 Å². The van der Waals surface area contributed by atoms with Crippen molar-refractivity contribution < 1.29 is 9.72 Å². The number of Topliss-reactive ketones (excluding diaryl/α,β-unsaturated/α-hetero) is 1. The standard InChI is InChI=1S/C16H15NO3/c1-2-12-3-7-14(8-4-12)16(18)11-13-5-9-15(10-6-13)17(19)20/h3-10H,2,11H2,1H3. The number of rotatable bonds is 5. The van der Waals surface area contributed by atoms with Crippen molar-refractivity contribution in [1.29, 1.82) is 0 Å². The molecule has 20 heavy (non-hydrogen) atoms. The molecular formula is C16H15NO3. The average molecular weight is 269 g/mol. The van der Waals surface area contributed by atoms with E-state index >= 15 is 0 Å². The summed E-state index contributed by atoms with van der Waals surface area (Å²) in [6, 6.07) is 13.6. The Labute approximate surface area is 117 Å². The van der Waals surface area contributed by atoms with Crippen molar-refractivity contribution in [2.24, 2.45) is 0 Å². The second-order valence-electron chi connectivity index (χ2n) is 4.57. The van der Waals surface area contributed by atoms with E-state index in [0.29, 0.717) is 5.56 Å². The number of benzene rings is 2. The number of nitro groups is 1. The van der Waals surface area contributed by atoms with E-state index in [2.05, 4.69) is 6.92 Å². The fourth-order valence-electron chi connectivity index (χ4n) is 1.95. The van der Waals surface area contributed by atoms with Crippen molar-refractivity contribution in [3.05, 3.63) is 75.3 Å². The second-order valence-corrected chi connectivity index (χ2v) is 4.57. The molecule has 4 heteroatoms. The first-order chi connectivity index (χ1) is 9.60. The zero-order valence-corrected chi connectivity index (χ0v) is 11.2. The van der Waals surface area contributed by atoms with Crippen LogP contribution in [-0.2, 0) is 12.8 Å². The van der Waals surface area contributed by atoms with Crippen LogP contribution in [0.4, 0.5) is 5.69 Å². The molecule has 0 amide bonds. The molecule has 0 radical (unpaired) electrons. The van der Waals surface area contributed by atoms with Gasteiger partial charge in [0.2, 0.25) is 0 Å². The van der Waals surface area contributed by atoms with Gasteiger partial charge in [0.1, 0.15) is 0 Å². The molecule has 0 atom stereocenters. The van der Waals surface area contributed by atoms with Gasteiger partial charge in [0.15, 0.2) is 5.78 Å². The van der Waals surface area contributed by atoms with E-state index < -0.39 is 4.92 Å². The highest BCUT2D eigenvalue weighted by Crippen LogP contribution is 2.14. The SMILES string of the molecule is CCc1ccc(C(=O)Cc2ccc([N+](=O)[O-])cc2)cc1. The summed E-state index contributed by atoms with van der Waals surface area (Å²) >= 11 is 0. The number of aryl methyl sites for hydroxylation is 1. The zero-order valence-electron chi connectivity index (χ0n) is 11.2. The topological polar surface area (TPSA) is 60.2 Å². The Morgan fingerprint density at radius 3 is 2.05 bits per heavy atom. The van der Waals surface area contributed by atoms with E-state index in [1.807, 2.05) is 24.3 Å². The van der Waals surface area contributed by atoms with Gasteiger partial charge in [-0.2, -0.15) is 0 Å². The lowest BCUT2D eigenvalue weighted by molar-refractivity contribution is -0.384. The third kappa shape index (κ3) is 3.29. The van der Waals surface area contributed by atoms with Crippen LogP contribution >= 0.6 is 0 Å². The molecule has 0 fully saturated rings. The molecule has 2 rings (SSSR count). The number of hydrogen-bond donors (Lipinski definition) is 0. The van der Waals surface area contributed by atoms with Gasteiger partial charge in [0.25, 0.3) is 5.69 Å². The van der Waals surface area contributed by atoms with Crippen LogP contribution in [0.15, 0.2) is 48.5 Å². The molecule has 0 saturated heterocycles. The Morgan fingerprint density at radius 1 is 1.00 bits per heavy atom. The summed E-state index contributed by atoms with van der Waals surface area (Å²) < 4.78 is 0. The lowest BCUT2D eigenvalue weighted by Gasteiger charge is -2.03. The van der Waals surface area contributed by atoms with Gasteiger partial charge in [-0.15, -0.1) is 0 Å². The lowest BCUT2D eigenvalue weighted by Crippen LogP contribution is -2.03. The maximum atomic E-state index is 12.1. The van der Waals surface area contributed by atoms with E-state index in [1.165, 1.54) is 17.7 Å². The second kappa shape index (κ2) is 6.10. The molecule has 0 aliphatic carbocycles. The highest BCUT2D eigenvalue weighted by atomic mass is 16.6. The molecule has 0 aliphatic heterocycles. The fraction of sp³-hybridized carbons (Fsp3) is 0.188. The van der Waals surface area contributed by atoms with Crippen LogP contribution in [0.1, 0.15) is 28.4 Å². The molecule has 0 heterocycles. The Balaban J connectivity index is 2.08. The first kappa shape index (κ1) is 13.9. The van der Waals surface area contributed by atoms with Crippen LogP contribution < -0.4 is 0 Å². The van der Waals surface area contributed by atoms with Gasteiger partial charge in [-0.25, -0.2) is 0 Å². The predicted molar refractivity (Wildman–Crippen MR) is 77.0 cm³/mol. The number of non-ortho nitro benzene ring substituents is 1. The Morgan fingerprint density at radius 2 is 1.55 bits per heavy atom. The first-order valence-corrected chi connectivity index (χ1v) is 6.45. The Kier molecular flexibility index (Phi) is 4.25. The van der Waals surface area contributed by atoms with Crippen molar-refractivity contribution in [2.45, 2.75) is 19.8 Å². The molecule has 0 aromatic heterocycles. The normalized spacial score (nSPS) is 10.2. The third-order valence-electron chi connectivity index (χ3n) is 3.20. The highest BCUT2D eigenvalue weighted by molar-refractivity contribution is 5.97. The van der Waals surface area contributed by atoms with Crippen LogP contribution in [-0.4, -0.2) is 10.7 Å². The number of nitro benzene ring substituents is 1. The summed E-state index contributed by atoms with van der Waals surface area (Å²) in [6.07, 6.45) is 1.19. The van der Waals surface area contributed by atoms with Crippen molar-refractivity contribution >= 4 is 11.5 Å². The van der Waals surface area contributed by atoms with Crippen LogP contribution in [0.25, 0.3) is 0 Å². The fourth-order valence-corrected chi connectivity index (χ4v) is 1.95. The molecule has 2 aromatic carbocycles. The summed E-state index contributed by atoms with van der Waals surface area (Å²) in [5, 5.41) is 10.6. The summed E-state index contributed by atoms with van der Waals surface area (Å²) in [6.45, 7) is 2.06. The number of carbonyl (C=O) groups excluding carboxylic acids is 1. The minimum atomic E-state index is -0.449. The summed E-state index contributed by atoms with van der Waals surface area (Å²) in [5.74, 6) is 0.0153. The van der Waals surface area contributed by atoms with Gasteiger partial charge in [-0.3, -0.25) is 14.9 Å². The number of nitrogens with zero attached hydrogens (tertiary/aromatic N) is 1. The minimum Gasteiger partial charge on any atom is -0.294 e. The van der Waals surface area contributed by atoms with E-state index in [1.54, 1.807) is 12.1 Å². The van der Waals surface area contributed by atoms with Gasteiger partial charge >= 0.3 is 0 Å². The van der Waals surface area contributed by atoms with E-state index in [4.69, 9.17) is 0 Å². The quantitative estimate of drug-likeness (QED) is 0.473. The smallest absolute Gasteiger partial charge is 0.269 e. The Hall–Kier alpha value is -2.49. The molecule has 102 valence electrons. The van der Waals surface area contributed by atoms with Crippen LogP contribution in [0.5, 0.6) is 0 Å². The Bertz CT molecular complexity index is 615. The van der Waals surface area contributed by atoms with Gasteiger partial charge < -0.3 is 0 Å². The van der Waals surface area contributed by atoms with Crippen LogP contribution in [0, 0.1) is 10.1 Å². The van der Waals surface area contributed by atoms with Gasteiger partial charge in [0, 0.05) is 24.1 Å². The first-order valence-electron chi connectivity index (χ1n) is 6.45. The van der Waals surface area contributed by atoms with Gasteiger partial charge in [-0.05, 0) is 17.5 Å². The molecule has 4 nitrogen and oxygen atoms in total. The lowest BCUT2D eigenvalue weighted by atomic mass is 10.0. The van der Waals surface area contributed by atoms with Crippen molar-refractivity contribution in [3.8, 4) is 0 Å². The molecule has 0 N–H and O–H groups in total. The van der Waals surface area contributed by atoms with E-state index in [-0.39, 0.29) is 17.9 Å². The van der Waals surface area contributed by atoms with Gasteiger partial charge in [0.05, 0.1) is 4.92 Å². The van der Waals surface area contributed by atoms with Crippen molar-refractivity contribution in [2.75, 3.05) is 0 Å². The zero-order chi connectivity index (χ0) is 14.5. The third-order valence-corrected chi connectivity index (χ3v) is 3.20. The van der Waals surface area contributed by atoms with Crippen LogP contribution in [0.3, 0.4) is 0 Å². The van der Waals surface area contributed by atoms with Crippen molar-refractivity contribution in [1.82, 2.24) is 0 Å². The summed E-state index contributed by atoms with van der Waals surface area (Å²) in [7, 11) is 0. The maximum absolute atomic E-state index is 12.1. The largest absolute Gasteiger partial charge is 0.294 e. The monoisotopic (exact) mass is 269 g/mol. The number of hydrogen-bond acceptors (Lipinski definition) is 3. The van der Waals surface area contributed by atoms with Crippen LogP contribution in [0.2, 0.25) is 0 Å².